The first kappa shape index (κ1) is 19.2. The Balaban J connectivity index is 2.24. The number of aromatic nitrogens is 1. The number of ketones is 1. The molecule has 1 aliphatic heterocycles. The van der Waals surface area contributed by atoms with Crippen molar-refractivity contribution < 1.29 is 23.9 Å². The van der Waals surface area contributed by atoms with Crippen LogP contribution in [0.4, 0.5) is 0 Å². The highest BCUT2D eigenvalue weighted by Crippen LogP contribution is 2.23. The quantitative estimate of drug-likeness (QED) is 0.576. The molecule has 0 saturated carbocycles. The molecule has 0 aromatic carbocycles. The number of nitrogens with zero attached hydrogens (tertiary/aromatic N) is 2. The van der Waals surface area contributed by atoms with Gasteiger partial charge in [0.05, 0.1) is 19.8 Å². The van der Waals surface area contributed by atoms with E-state index in [0.717, 1.165) is 12.8 Å². The number of Topliss-reactive ketones (excluding diaryl/α,β-unsaturated/α-hetero) is 1. The van der Waals surface area contributed by atoms with Crippen LogP contribution in [0.15, 0.2) is 0 Å². The van der Waals surface area contributed by atoms with Gasteiger partial charge in [-0.1, -0.05) is 0 Å². The van der Waals surface area contributed by atoms with Crippen molar-refractivity contribution in [2.45, 2.75) is 39.7 Å². The monoisotopic (exact) mass is 350 g/mol. The summed E-state index contributed by atoms with van der Waals surface area (Å²) < 4.78 is 12.0. The lowest BCUT2D eigenvalue weighted by atomic mass is 10.0. The Kier molecular flexibility index (Phi) is 6.00. The lowest BCUT2D eigenvalue weighted by Gasteiger charge is -2.23. The summed E-state index contributed by atoms with van der Waals surface area (Å²) in [7, 11) is 3.03. The van der Waals surface area contributed by atoms with E-state index < -0.39 is 5.97 Å². The van der Waals surface area contributed by atoms with Crippen molar-refractivity contribution in [3.63, 3.8) is 0 Å². The number of amides is 1. The second kappa shape index (κ2) is 7.82. The fourth-order valence-corrected chi connectivity index (χ4v) is 3.37. The normalized spacial score (nSPS) is 16.8. The van der Waals surface area contributed by atoms with Gasteiger partial charge < -0.3 is 18.9 Å². The minimum atomic E-state index is -0.482. The molecule has 1 fully saturated rings. The molecule has 0 radical (unpaired) electrons. The summed E-state index contributed by atoms with van der Waals surface area (Å²) in [6.45, 7) is 6.05. The van der Waals surface area contributed by atoms with Crippen LogP contribution in [0.2, 0.25) is 0 Å². The zero-order chi connectivity index (χ0) is 18.7. The highest BCUT2D eigenvalue weighted by atomic mass is 16.5. The first-order valence-electron chi connectivity index (χ1n) is 8.42. The van der Waals surface area contributed by atoms with Gasteiger partial charge in [0.1, 0.15) is 5.69 Å². The molecule has 0 N–H and O–H groups in total. The Hall–Kier alpha value is -2.15. The molecule has 1 aromatic heterocycles. The molecular weight excluding hydrogens is 324 g/mol. The molecular formula is C18H26N2O5. The van der Waals surface area contributed by atoms with Crippen molar-refractivity contribution in [3.8, 4) is 0 Å². The number of hydrogen-bond donors (Lipinski definition) is 0. The van der Waals surface area contributed by atoms with Gasteiger partial charge in [0.2, 0.25) is 5.91 Å². The Bertz CT molecular complexity index is 686. The van der Waals surface area contributed by atoms with E-state index in [9.17, 15) is 14.4 Å². The third kappa shape index (κ3) is 3.92. The molecule has 1 saturated heterocycles. The van der Waals surface area contributed by atoms with Crippen molar-refractivity contribution in [2.24, 2.45) is 7.05 Å². The van der Waals surface area contributed by atoms with Gasteiger partial charge >= 0.3 is 5.97 Å². The number of esters is 1. The van der Waals surface area contributed by atoms with Crippen molar-refractivity contribution >= 4 is 17.7 Å². The molecule has 0 bridgehead atoms. The topological polar surface area (TPSA) is 77.8 Å². The van der Waals surface area contributed by atoms with Gasteiger partial charge in [0.25, 0.3) is 0 Å². The Morgan fingerprint density at radius 1 is 1.32 bits per heavy atom. The SMILES string of the molecule is COC(=O)c1c(C)c(C(=O)CN(CC2CCCO2)C(C)=O)c(C)n1C. The van der Waals surface area contributed by atoms with Gasteiger partial charge in [0.15, 0.2) is 5.78 Å². The largest absolute Gasteiger partial charge is 0.464 e. The second-order valence-electron chi connectivity index (χ2n) is 6.44. The zero-order valence-corrected chi connectivity index (χ0v) is 15.5. The van der Waals surface area contributed by atoms with E-state index in [2.05, 4.69) is 0 Å². The lowest BCUT2D eigenvalue weighted by molar-refractivity contribution is -0.129. The van der Waals surface area contributed by atoms with E-state index in [4.69, 9.17) is 9.47 Å². The van der Waals surface area contributed by atoms with Gasteiger partial charge in [0, 0.05) is 38.4 Å². The van der Waals surface area contributed by atoms with Gasteiger partial charge in [-0.15, -0.1) is 0 Å². The van der Waals surface area contributed by atoms with E-state index >= 15 is 0 Å². The Labute approximate surface area is 147 Å². The van der Waals surface area contributed by atoms with Crippen LogP contribution >= 0.6 is 0 Å². The van der Waals surface area contributed by atoms with Crippen LogP contribution < -0.4 is 0 Å². The van der Waals surface area contributed by atoms with Crippen molar-refractivity contribution in [2.75, 3.05) is 26.8 Å². The van der Waals surface area contributed by atoms with Crippen LogP contribution in [0.25, 0.3) is 0 Å². The molecule has 1 aromatic rings. The highest BCUT2D eigenvalue weighted by Gasteiger charge is 2.28. The summed E-state index contributed by atoms with van der Waals surface area (Å²) in [5.41, 5.74) is 2.10. The fraction of sp³-hybridized carbons (Fsp3) is 0.611. The van der Waals surface area contributed by atoms with Gasteiger partial charge in [-0.2, -0.15) is 0 Å². The van der Waals surface area contributed by atoms with E-state index in [1.165, 1.54) is 18.9 Å². The summed E-state index contributed by atoms with van der Waals surface area (Å²) in [6.07, 6.45) is 1.86. The molecule has 7 nitrogen and oxygen atoms in total. The lowest BCUT2D eigenvalue weighted by Crippen LogP contribution is -2.39. The molecule has 2 heterocycles. The maximum absolute atomic E-state index is 12.9. The van der Waals surface area contributed by atoms with Crippen LogP contribution in [-0.2, 0) is 21.3 Å². The van der Waals surface area contributed by atoms with E-state index in [0.29, 0.717) is 35.7 Å². The summed E-state index contributed by atoms with van der Waals surface area (Å²) in [5.74, 6) is -0.831. The summed E-state index contributed by atoms with van der Waals surface area (Å²) in [4.78, 5) is 38.3. The molecule has 1 aliphatic rings. The van der Waals surface area contributed by atoms with Crippen molar-refractivity contribution in [3.05, 3.63) is 22.5 Å². The molecule has 7 heteroatoms. The smallest absolute Gasteiger partial charge is 0.354 e. The van der Waals surface area contributed by atoms with Crippen LogP contribution in [0, 0.1) is 13.8 Å². The highest BCUT2D eigenvalue weighted by molar-refractivity contribution is 6.04. The average molecular weight is 350 g/mol. The maximum atomic E-state index is 12.9. The number of carbonyl (C=O) groups is 3. The minimum Gasteiger partial charge on any atom is -0.464 e. The third-order valence-electron chi connectivity index (χ3n) is 4.82. The predicted molar refractivity (Wildman–Crippen MR) is 91.8 cm³/mol. The van der Waals surface area contributed by atoms with Crippen molar-refractivity contribution in [1.29, 1.82) is 0 Å². The van der Waals surface area contributed by atoms with Gasteiger partial charge in [-0.05, 0) is 32.3 Å². The fourth-order valence-electron chi connectivity index (χ4n) is 3.37. The van der Waals surface area contributed by atoms with Crippen LogP contribution in [0.5, 0.6) is 0 Å². The number of methoxy groups -OCH3 is 1. The number of carbonyl (C=O) groups excluding carboxylic acids is 3. The van der Waals surface area contributed by atoms with Crippen LogP contribution in [0.1, 0.15) is 51.9 Å². The molecule has 25 heavy (non-hydrogen) atoms. The molecule has 0 aliphatic carbocycles. The molecule has 0 spiro atoms. The molecule has 1 unspecified atom stereocenters. The van der Waals surface area contributed by atoms with Crippen LogP contribution in [0.3, 0.4) is 0 Å². The number of rotatable bonds is 6. The summed E-state index contributed by atoms with van der Waals surface area (Å²) in [5, 5.41) is 0. The minimum absolute atomic E-state index is 0.0136. The van der Waals surface area contributed by atoms with E-state index in [1.54, 1.807) is 25.5 Å². The van der Waals surface area contributed by atoms with Crippen LogP contribution in [-0.4, -0.2) is 60.0 Å². The predicted octanol–water partition coefficient (Wildman–Crippen LogP) is 1.64. The van der Waals surface area contributed by atoms with E-state index in [1.807, 2.05) is 0 Å². The standard InChI is InChI=1S/C18H26N2O5/c1-11-16(12(2)19(4)17(11)18(23)24-5)15(22)10-20(13(3)21)9-14-7-6-8-25-14/h14H,6-10H2,1-5H3. The van der Waals surface area contributed by atoms with Crippen molar-refractivity contribution in [1.82, 2.24) is 9.47 Å². The average Bonchev–Trinajstić information content (AvgIpc) is 3.13. The molecule has 2 rings (SSSR count). The first-order valence-corrected chi connectivity index (χ1v) is 8.42. The maximum Gasteiger partial charge on any atom is 0.354 e. The first-order chi connectivity index (χ1) is 11.8. The number of hydrogen-bond acceptors (Lipinski definition) is 5. The Morgan fingerprint density at radius 2 is 2.00 bits per heavy atom. The Morgan fingerprint density at radius 3 is 2.52 bits per heavy atom. The van der Waals surface area contributed by atoms with Gasteiger partial charge in [-0.3, -0.25) is 9.59 Å². The summed E-state index contributed by atoms with van der Waals surface area (Å²) >= 11 is 0. The molecule has 138 valence electrons. The second-order valence-corrected chi connectivity index (χ2v) is 6.44. The molecule has 1 atom stereocenters. The molecule has 1 amide bonds. The third-order valence-corrected chi connectivity index (χ3v) is 4.82. The van der Waals surface area contributed by atoms with Gasteiger partial charge in [-0.25, -0.2) is 4.79 Å². The summed E-state index contributed by atoms with van der Waals surface area (Å²) in [6, 6.07) is 0. The zero-order valence-electron chi connectivity index (χ0n) is 15.5. The van der Waals surface area contributed by atoms with E-state index in [-0.39, 0.29) is 24.3 Å². The number of ether oxygens (including phenoxy) is 2.